The molecule has 0 amide bonds. The van der Waals surface area contributed by atoms with Crippen molar-refractivity contribution in [3.63, 3.8) is 0 Å². The van der Waals surface area contributed by atoms with Crippen molar-refractivity contribution in [2.75, 3.05) is 0 Å². The Kier molecular flexibility index (Phi) is 4.47. The minimum Gasteiger partial charge on any atom is -0.439 e. The van der Waals surface area contributed by atoms with Gasteiger partial charge in [-0.15, -0.1) is 0 Å². The Bertz CT molecular complexity index is 590. The normalized spacial score (nSPS) is 10.5. The number of halogens is 2. The van der Waals surface area contributed by atoms with Gasteiger partial charge in [0.25, 0.3) is 0 Å². The molecule has 2 aromatic rings. The highest BCUT2D eigenvalue weighted by Gasteiger charge is 2.06. The lowest BCUT2D eigenvalue weighted by molar-refractivity contribution is 0.455. The van der Waals surface area contributed by atoms with Crippen molar-refractivity contribution in [3.8, 4) is 11.6 Å². The van der Waals surface area contributed by atoms with Crippen LogP contribution in [-0.2, 0) is 6.42 Å². The maximum atomic E-state index is 13.2. The van der Waals surface area contributed by atoms with Crippen molar-refractivity contribution in [1.82, 2.24) is 9.97 Å². The van der Waals surface area contributed by atoms with Crippen LogP contribution < -0.4 is 4.74 Å². The van der Waals surface area contributed by atoms with E-state index in [1.165, 1.54) is 6.07 Å². The van der Waals surface area contributed by atoms with Crippen LogP contribution in [0.2, 0.25) is 0 Å². The van der Waals surface area contributed by atoms with Crippen molar-refractivity contribution in [1.29, 1.82) is 0 Å². The number of aromatic nitrogens is 2. The molecule has 0 saturated carbocycles. The molecule has 3 nitrogen and oxygen atoms in total. The minimum absolute atomic E-state index is 0.247. The Morgan fingerprint density at radius 1 is 1.26 bits per heavy atom. The average molecular weight is 325 g/mol. The molecule has 0 bridgehead atoms. The number of hydrogen-bond acceptors (Lipinski definition) is 3. The van der Waals surface area contributed by atoms with Crippen molar-refractivity contribution < 1.29 is 9.13 Å². The van der Waals surface area contributed by atoms with Crippen LogP contribution in [-0.4, -0.2) is 9.97 Å². The highest BCUT2D eigenvalue weighted by molar-refractivity contribution is 9.10. The zero-order chi connectivity index (χ0) is 13.8. The fraction of sp³-hybridized carbons (Fsp3) is 0.286. The number of ether oxygens (including phenoxy) is 1. The number of benzene rings is 1. The largest absolute Gasteiger partial charge is 0.439 e. The molecular formula is C14H14BrFN2O. The Hall–Kier alpha value is -1.49. The van der Waals surface area contributed by atoms with Crippen LogP contribution in [0, 0.1) is 12.7 Å². The Labute approximate surface area is 120 Å². The molecule has 0 fully saturated rings. The first-order valence-electron chi connectivity index (χ1n) is 6.06. The van der Waals surface area contributed by atoms with Crippen LogP contribution in [0.25, 0.3) is 0 Å². The number of rotatable bonds is 4. The second-order valence-electron chi connectivity index (χ2n) is 4.21. The third-order valence-electron chi connectivity index (χ3n) is 2.54. The average Bonchev–Trinajstić information content (AvgIpc) is 2.33. The molecule has 100 valence electrons. The highest BCUT2D eigenvalue weighted by Crippen LogP contribution is 2.24. The highest BCUT2D eigenvalue weighted by atomic mass is 79.9. The molecule has 1 aromatic carbocycles. The lowest BCUT2D eigenvalue weighted by Gasteiger charge is -2.07. The van der Waals surface area contributed by atoms with Gasteiger partial charge < -0.3 is 4.74 Å². The van der Waals surface area contributed by atoms with E-state index in [1.54, 1.807) is 25.1 Å². The summed E-state index contributed by atoms with van der Waals surface area (Å²) >= 11 is 3.33. The fourth-order valence-corrected chi connectivity index (χ4v) is 2.03. The first kappa shape index (κ1) is 13.9. The summed E-state index contributed by atoms with van der Waals surface area (Å²) < 4.78 is 19.5. The molecule has 2 rings (SSSR count). The van der Waals surface area contributed by atoms with Gasteiger partial charge in [0.1, 0.15) is 22.0 Å². The topological polar surface area (TPSA) is 35.0 Å². The summed E-state index contributed by atoms with van der Waals surface area (Å²) in [6.07, 6.45) is 1.75. The smallest absolute Gasteiger partial charge is 0.223 e. The maximum Gasteiger partial charge on any atom is 0.223 e. The molecule has 0 atom stereocenters. The third-order valence-corrected chi connectivity index (χ3v) is 2.95. The number of hydrogen-bond donors (Lipinski definition) is 0. The summed E-state index contributed by atoms with van der Waals surface area (Å²) in [6.45, 7) is 3.76. The van der Waals surface area contributed by atoms with Gasteiger partial charge in [0, 0.05) is 12.5 Å². The van der Waals surface area contributed by atoms with Gasteiger partial charge in [-0.1, -0.05) is 6.92 Å². The SMILES string of the molecule is CCCc1nc(Br)cc(Oc2ccc(F)c(C)c2)n1. The van der Waals surface area contributed by atoms with Gasteiger partial charge in [-0.3, -0.25) is 0 Å². The second-order valence-corrected chi connectivity index (χ2v) is 5.02. The first-order valence-corrected chi connectivity index (χ1v) is 6.85. The fourth-order valence-electron chi connectivity index (χ4n) is 1.63. The van der Waals surface area contributed by atoms with Gasteiger partial charge in [0.15, 0.2) is 0 Å². The molecule has 0 aliphatic carbocycles. The van der Waals surface area contributed by atoms with Gasteiger partial charge in [0.2, 0.25) is 5.88 Å². The number of aryl methyl sites for hydroxylation is 2. The predicted octanol–water partition coefficient (Wildman–Crippen LogP) is 4.43. The van der Waals surface area contributed by atoms with Crippen molar-refractivity contribution >= 4 is 15.9 Å². The molecule has 0 radical (unpaired) electrons. The quantitative estimate of drug-likeness (QED) is 0.780. The Morgan fingerprint density at radius 2 is 2.05 bits per heavy atom. The van der Waals surface area contributed by atoms with E-state index in [0.29, 0.717) is 21.8 Å². The van der Waals surface area contributed by atoms with Crippen LogP contribution in [0.3, 0.4) is 0 Å². The lowest BCUT2D eigenvalue weighted by Crippen LogP contribution is -1.98. The van der Waals surface area contributed by atoms with Gasteiger partial charge in [-0.05, 0) is 53.0 Å². The summed E-state index contributed by atoms with van der Waals surface area (Å²) in [7, 11) is 0. The Morgan fingerprint density at radius 3 is 2.74 bits per heavy atom. The second kappa shape index (κ2) is 6.10. The zero-order valence-electron chi connectivity index (χ0n) is 10.8. The summed E-state index contributed by atoms with van der Waals surface area (Å²) in [6, 6.07) is 6.30. The molecule has 0 unspecified atom stereocenters. The molecule has 1 aromatic heterocycles. The summed E-state index contributed by atoms with van der Waals surface area (Å²) in [4.78, 5) is 8.58. The monoisotopic (exact) mass is 324 g/mol. The maximum absolute atomic E-state index is 13.2. The van der Waals surface area contributed by atoms with E-state index in [4.69, 9.17) is 4.74 Å². The van der Waals surface area contributed by atoms with Crippen LogP contribution in [0.4, 0.5) is 4.39 Å². The number of nitrogens with zero attached hydrogens (tertiary/aromatic N) is 2. The molecule has 19 heavy (non-hydrogen) atoms. The van der Waals surface area contributed by atoms with Crippen molar-refractivity contribution in [2.24, 2.45) is 0 Å². The molecular weight excluding hydrogens is 311 g/mol. The minimum atomic E-state index is -0.247. The standard InChI is InChI=1S/C14H14BrFN2O/c1-3-4-13-17-12(15)8-14(18-13)19-10-5-6-11(16)9(2)7-10/h5-8H,3-4H2,1-2H3. The molecule has 0 spiro atoms. The van der Waals surface area contributed by atoms with Gasteiger partial charge >= 0.3 is 0 Å². The molecule has 0 saturated heterocycles. The third kappa shape index (κ3) is 3.73. The summed E-state index contributed by atoms with van der Waals surface area (Å²) in [5.74, 6) is 1.50. The van der Waals surface area contributed by atoms with Crippen LogP contribution >= 0.6 is 15.9 Å². The van der Waals surface area contributed by atoms with Crippen LogP contribution in [0.5, 0.6) is 11.6 Å². The zero-order valence-corrected chi connectivity index (χ0v) is 12.4. The van der Waals surface area contributed by atoms with Crippen molar-refractivity contribution in [2.45, 2.75) is 26.7 Å². The van der Waals surface area contributed by atoms with E-state index in [-0.39, 0.29) is 5.82 Å². The molecule has 0 N–H and O–H groups in total. The van der Waals surface area contributed by atoms with Gasteiger partial charge in [0.05, 0.1) is 0 Å². The van der Waals surface area contributed by atoms with E-state index in [9.17, 15) is 4.39 Å². The Balaban J connectivity index is 2.24. The van der Waals surface area contributed by atoms with Gasteiger partial charge in [-0.25, -0.2) is 9.37 Å². The van der Waals surface area contributed by atoms with E-state index < -0.39 is 0 Å². The van der Waals surface area contributed by atoms with Crippen LogP contribution in [0.15, 0.2) is 28.9 Å². The van der Waals surface area contributed by atoms with Gasteiger partial charge in [-0.2, -0.15) is 4.98 Å². The predicted molar refractivity (Wildman–Crippen MR) is 74.9 cm³/mol. The molecule has 0 aliphatic rings. The molecule has 1 heterocycles. The molecule has 5 heteroatoms. The van der Waals surface area contributed by atoms with E-state index in [1.807, 2.05) is 0 Å². The van der Waals surface area contributed by atoms with E-state index >= 15 is 0 Å². The van der Waals surface area contributed by atoms with Crippen LogP contribution in [0.1, 0.15) is 24.7 Å². The lowest BCUT2D eigenvalue weighted by atomic mass is 10.2. The summed E-state index contributed by atoms with van der Waals surface area (Å²) in [5.41, 5.74) is 0.541. The van der Waals surface area contributed by atoms with E-state index in [2.05, 4.69) is 32.8 Å². The van der Waals surface area contributed by atoms with Crippen molar-refractivity contribution in [3.05, 3.63) is 46.1 Å². The first-order chi connectivity index (χ1) is 9.08. The van der Waals surface area contributed by atoms with E-state index in [0.717, 1.165) is 18.7 Å². The molecule has 0 aliphatic heterocycles. The summed E-state index contributed by atoms with van der Waals surface area (Å²) in [5, 5.41) is 0.